The molecule has 0 saturated carbocycles. The largest absolute Gasteiger partial charge is 0.334 e. The number of fused-ring (bicyclic) bond motifs is 4. The molecule has 0 aliphatic carbocycles. The van der Waals surface area contributed by atoms with E-state index in [9.17, 15) is 0 Å². The van der Waals surface area contributed by atoms with E-state index >= 15 is 0 Å². The molecule has 0 amide bonds. The molecule has 4 aromatic carbocycles. The first-order chi connectivity index (χ1) is 19.7. The summed E-state index contributed by atoms with van der Waals surface area (Å²) in [7, 11) is 2.04. The SMILES string of the molecule is Cn1ccnc1-c1cccc2c1c1ccc(-c3nc4ccccc4s3)cc1n2-c1cccc(-c2ccccn2)c1. The van der Waals surface area contributed by atoms with Gasteiger partial charge in [-0.1, -0.05) is 54.6 Å². The zero-order valence-electron chi connectivity index (χ0n) is 21.7. The van der Waals surface area contributed by atoms with E-state index in [2.05, 4.69) is 99.0 Å². The molecule has 0 spiro atoms. The zero-order valence-corrected chi connectivity index (χ0v) is 22.5. The van der Waals surface area contributed by atoms with Crippen LogP contribution in [0.15, 0.2) is 122 Å². The summed E-state index contributed by atoms with van der Waals surface area (Å²) >= 11 is 1.73. The molecule has 0 radical (unpaired) electrons. The lowest BCUT2D eigenvalue weighted by Gasteiger charge is -2.11. The van der Waals surface area contributed by atoms with Gasteiger partial charge in [0, 0.05) is 58.8 Å². The van der Waals surface area contributed by atoms with Crippen LogP contribution in [0.4, 0.5) is 0 Å². The van der Waals surface area contributed by atoms with E-state index in [0.717, 1.165) is 55.5 Å². The number of hydrogen-bond donors (Lipinski definition) is 0. The Bertz CT molecular complexity index is 2150. The molecule has 0 atom stereocenters. The molecular weight excluding hydrogens is 510 g/mol. The van der Waals surface area contributed by atoms with Gasteiger partial charge in [-0.2, -0.15) is 0 Å². The van der Waals surface area contributed by atoms with Crippen molar-refractivity contribution >= 4 is 43.4 Å². The molecular formula is C34H23N5S. The van der Waals surface area contributed by atoms with Crippen LogP contribution in [-0.2, 0) is 7.05 Å². The lowest BCUT2D eigenvalue weighted by Crippen LogP contribution is -1.96. The molecule has 0 bridgehead atoms. The van der Waals surface area contributed by atoms with Crippen molar-refractivity contribution in [1.82, 2.24) is 24.1 Å². The van der Waals surface area contributed by atoms with Crippen molar-refractivity contribution in [3.8, 4) is 38.9 Å². The number of rotatable bonds is 4. The summed E-state index contributed by atoms with van der Waals surface area (Å²) in [5.74, 6) is 0.946. The van der Waals surface area contributed by atoms with Crippen LogP contribution in [0.3, 0.4) is 0 Å². The van der Waals surface area contributed by atoms with Crippen molar-refractivity contribution in [2.24, 2.45) is 7.05 Å². The van der Waals surface area contributed by atoms with Crippen LogP contribution in [0.1, 0.15) is 0 Å². The topological polar surface area (TPSA) is 48.5 Å². The molecule has 40 heavy (non-hydrogen) atoms. The van der Waals surface area contributed by atoms with E-state index in [1.165, 1.54) is 15.5 Å². The van der Waals surface area contributed by atoms with Gasteiger partial charge in [0.15, 0.2) is 0 Å². The Hall–Kier alpha value is -5.07. The highest BCUT2D eigenvalue weighted by Crippen LogP contribution is 2.40. The number of para-hydroxylation sites is 1. The number of hydrogen-bond acceptors (Lipinski definition) is 4. The highest BCUT2D eigenvalue weighted by atomic mass is 32.1. The molecule has 0 aliphatic heterocycles. The van der Waals surface area contributed by atoms with Crippen LogP contribution in [0.2, 0.25) is 0 Å². The Kier molecular flexibility index (Phi) is 5.15. The van der Waals surface area contributed by atoms with Gasteiger partial charge in [0.2, 0.25) is 0 Å². The van der Waals surface area contributed by atoms with Crippen LogP contribution in [0.5, 0.6) is 0 Å². The molecule has 0 fully saturated rings. The molecule has 0 saturated heterocycles. The smallest absolute Gasteiger partial charge is 0.140 e. The van der Waals surface area contributed by atoms with Gasteiger partial charge in [0.25, 0.3) is 0 Å². The Morgan fingerprint density at radius 2 is 1.60 bits per heavy atom. The Balaban J connectivity index is 1.43. The number of aryl methyl sites for hydroxylation is 1. The van der Waals surface area contributed by atoms with Crippen molar-refractivity contribution in [1.29, 1.82) is 0 Å². The number of aromatic nitrogens is 5. The number of thiazole rings is 1. The fourth-order valence-electron chi connectivity index (χ4n) is 5.62. The second kappa shape index (κ2) is 9.00. The monoisotopic (exact) mass is 533 g/mol. The molecule has 0 aliphatic rings. The fourth-order valence-corrected chi connectivity index (χ4v) is 6.59. The lowest BCUT2D eigenvalue weighted by molar-refractivity contribution is 0.926. The minimum atomic E-state index is 0.946. The summed E-state index contributed by atoms with van der Waals surface area (Å²) < 4.78 is 5.63. The van der Waals surface area contributed by atoms with Crippen LogP contribution in [0, 0.1) is 0 Å². The molecule has 6 heteroatoms. The summed E-state index contributed by atoms with van der Waals surface area (Å²) in [5.41, 5.74) is 8.63. The van der Waals surface area contributed by atoms with Gasteiger partial charge in [0.1, 0.15) is 10.8 Å². The van der Waals surface area contributed by atoms with Crippen LogP contribution in [-0.4, -0.2) is 24.1 Å². The molecule has 4 heterocycles. The van der Waals surface area contributed by atoms with Crippen molar-refractivity contribution in [2.75, 3.05) is 0 Å². The quantitative estimate of drug-likeness (QED) is 0.228. The Labute approximate surface area is 234 Å². The van der Waals surface area contributed by atoms with Gasteiger partial charge in [0.05, 0.1) is 26.9 Å². The van der Waals surface area contributed by atoms with E-state index in [1.807, 2.05) is 43.8 Å². The Morgan fingerprint density at radius 1 is 0.700 bits per heavy atom. The van der Waals surface area contributed by atoms with E-state index in [4.69, 9.17) is 9.97 Å². The van der Waals surface area contributed by atoms with E-state index < -0.39 is 0 Å². The van der Waals surface area contributed by atoms with E-state index in [0.29, 0.717) is 0 Å². The van der Waals surface area contributed by atoms with Crippen molar-refractivity contribution in [3.63, 3.8) is 0 Å². The molecule has 0 N–H and O–H groups in total. The van der Waals surface area contributed by atoms with Crippen molar-refractivity contribution in [2.45, 2.75) is 0 Å². The molecule has 190 valence electrons. The summed E-state index contributed by atoms with van der Waals surface area (Å²) in [6.45, 7) is 0. The first-order valence-electron chi connectivity index (χ1n) is 13.2. The average Bonchev–Trinajstić information content (AvgIpc) is 3.72. The first-order valence-corrected chi connectivity index (χ1v) is 14.0. The van der Waals surface area contributed by atoms with Gasteiger partial charge >= 0.3 is 0 Å². The highest BCUT2D eigenvalue weighted by Gasteiger charge is 2.19. The lowest BCUT2D eigenvalue weighted by atomic mass is 10.0. The first kappa shape index (κ1) is 22.9. The minimum absolute atomic E-state index is 0.946. The third kappa shape index (κ3) is 3.57. The van der Waals surface area contributed by atoms with Gasteiger partial charge in [-0.05, 0) is 48.5 Å². The maximum absolute atomic E-state index is 4.96. The van der Waals surface area contributed by atoms with Crippen LogP contribution in [0.25, 0.3) is 70.9 Å². The molecule has 0 unspecified atom stereocenters. The number of nitrogens with zero attached hydrogens (tertiary/aromatic N) is 5. The molecule has 8 rings (SSSR count). The molecule has 5 nitrogen and oxygen atoms in total. The third-order valence-corrected chi connectivity index (χ3v) is 8.54. The number of benzene rings is 4. The van der Waals surface area contributed by atoms with Crippen LogP contribution < -0.4 is 0 Å². The third-order valence-electron chi connectivity index (χ3n) is 7.46. The van der Waals surface area contributed by atoms with Gasteiger partial charge in [-0.3, -0.25) is 4.98 Å². The van der Waals surface area contributed by atoms with E-state index in [1.54, 1.807) is 11.3 Å². The number of pyridine rings is 1. The summed E-state index contributed by atoms with van der Waals surface area (Å²) in [6, 6.07) is 36.2. The Morgan fingerprint density at radius 3 is 2.45 bits per heavy atom. The number of imidazole rings is 1. The van der Waals surface area contributed by atoms with Gasteiger partial charge < -0.3 is 9.13 Å². The highest BCUT2D eigenvalue weighted by molar-refractivity contribution is 7.21. The van der Waals surface area contributed by atoms with Gasteiger partial charge in [-0.15, -0.1) is 11.3 Å². The minimum Gasteiger partial charge on any atom is -0.334 e. The second-order valence-electron chi connectivity index (χ2n) is 9.88. The van der Waals surface area contributed by atoms with Crippen molar-refractivity contribution in [3.05, 3.63) is 122 Å². The normalized spacial score (nSPS) is 11.6. The van der Waals surface area contributed by atoms with E-state index in [-0.39, 0.29) is 0 Å². The molecule has 4 aromatic heterocycles. The predicted octanol–water partition coefficient (Wildman–Crippen LogP) is 8.52. The molecule has 8 aromatic rings. The summed E-state index contributed by atoms with van der Waals surface area (Å²) in [4.78, 5) is 14.3. The fraction of sp³-hybridized carbons (Fsp3) is 0.0294. The maximum atomic E-state index is 4.96. The van der Waals surface area contributed by atoms with Crippen molar-refractivity contribution < 1.29 is 0 Å². The maximum Gasteiger partial charge on any atom is 0.140 e. The standard InChI is InChI=1S/C34H23N5S/c1-38-19-18-36-33(38)26-10-7-13-29-32(26)25-16-15-23(34-37-28-12-2-3-14-31(28)40-34)21-30(25)39(29)24-9-6-8-22(20-24)27-11-4-5-17-35-27/h2-21H,1H3. The zero-order chi connectivity index (χ0) is 26.6. The average molecular weight is 534 g/mol. The van der Waals surface area contributed by atoms with Gasteiger partial charge in [-0.25, -0.2) is 9.97 Å². The summed E-state index contributed by atoms with van der Waals surface area (Å²) in [6.07, 6.45) is 5.69. The predicted molar refractivity (Wildman–Crippen MR) is 165 cm³/mol. The van der Waals surface area contributed by atoms with Crippen LogP contribution >= 0.6 is 11.3 Å². The summed E-state index contributed by atoms with van der Waals surface area (Å²) in [5, 5.41) is 3.39. The second-order valence-corrected chi connectivity index (χ2v) is 10.9.